The summed E-state index contributed by atoms with van der Waals surface area (Å²) in [6.07, 6.45) is -4.48. The maximum Gasteiger partial charge on any atom is 0.416 e. The molecule has 198 valence electrons. The van der Waals surface area contributed by atoms with Crippen LogP contribution in [0.2, 0.25) is 0 Å². The van der Waals surface area contributed by atoms with Crippen molar-refractivity contribution in [1.29, 1.82) is 0 Å². The second kappa shape index (κ2) is 11.6. The monoisotopic (exact) mass is 522 g/mol. The van der Waals surface area contributed by atoms with Crippen LogP contribution in [0.15, 0.2) is 91.0 Å². The molecule has 4 aromatic rings. The lowest BCUT2D eigenvalue weighted by Gasteiger charge is -2.25. The summed E-state index contributed by atoms with van der Waals surface area (Å²) in [5.74, 6) is 0.807. The minimum atomic E-state index is -4.42. The quantitative estimate of drug-likeness (QED) is 0.271. The smallest absolute Gasteiger partial charge is 0.416 e. The summed E-state index contributed by atoms with van der Waals surface area (Å²) in [7, 11) is 3.28. The van der Waals surface area contributed by atoms with E-state index in [2.05, 4.69) is 0 Å². The fourth-order valence-corrected chi connectivity index (χ4v) is 4.21. The predicted octanol–water partition coefficient (Wildman–Crippen LogP) is 6.54. The van der Waals surface area contributed by atoms with Crippen molar-refractivity contribution in [3.63, 3.8) is 0 Å². The van der Waals surface area contributed by atoms with Crippen molar-refractivity contribution in [2.75, 3.05) is 20.7 Å². The average Bonchev–Trinajstić information content (AvgIpc) is 2.93. The van der Waals surface area contributed by atoms with Crippen LogP contribution in [0.25, 0.3) is 10.8 Å². The van der Waals surface area contributed by atoms with E-state index in [1.165, 1.54) is 12.1 Å². The number of rotatable bonds is 9. The summed E-state index contributed by atoms with van der Waals surface area (Å²) in [6, 6.07) is 24.4. The Morgan fingerprint density at radius 1 is 0.868 bits per heavy atom. The van der Waals surface area contributed by atoms with E-state index in [1.54, 1.807) is 19.1 Å². The van der Waals surface area contributed by atoms with Crippen LogP contribution in [0.3, 0.4) is 0 Å². The molecule has 0 aliphatic heterocycles. The molecule has 2 atom stereocenters. The average molecular weight is 523 g/mol. The molecule has 0 saturated carbocycles. The van der Waals surface area contributed by atoms with Crippen LogP contribution in [-0.4, -0.2) is 31.5 Å². The third-order valence-corrected chi connectivity index (χ3v) is 6.43. The van der Waals surface area contributed by atoms with E-state index in [0.29, 0.717) is 24.3 Å². The molecule has 0 spiro atoms. The molecule has 2 N–H and O–H groups in total. The molecule has 4 aromatic carbocycles. The second-order valence-electron chi connectivity index (χ2n) is 9.04. The molecule has 4 rings (SSSR count). The van der Waals surface area contributed by atoms with E-state index in [0.717, 1.165) is 34.2 Å². The van der Waals surface area contributed by atoms with Crippen molar-refractivity contribution in [1.82, 2.24) is 4.90 Å². The summed E-state index contributed by atoms with van der Waals surface area (Å²) in [5, 5.41) is 1.93. The van der Waals surface area contributed by atoms with Gasteiger partial charge in [0.1, 0.15) is 23.6 Å². The molecule has 0 aliphatic carbocycles. The van der Waals surface area contributed by atoms with Crippen LogP contribution < -0.4 is 15.2 Å². The summed E-state index contributed by atoms with van der Waals surface area (Å²) in [6.45, 7) is 0.331. The molecular weight excluding hydrogens is 493 g/mol. The van der Waals surface area contributed by atoms with Gasteiger partial charge in [0.2, 0.25) is 5.91 Å². The van der Waals surface area contributed by atoms with Gasteiger partial charge in [-0.2, -0.15) is 13.2 Å². The number of carbonyl (C=O) groups excluding carboxylic acids is 1. The zero-order valence-electron chi connectivity index (χ0n) is 21.1. The van der Waals surface area contributed by atoms with Crippen LogP contribution in [0, 0.1) is 0 Å². The molecule has 0 saturated heterocycles. The maximum absolute atomic E-state index is 13.2. The lowest BCUT2D eigenvalue weighted by molar-refractivity contribution is -0.137. The highest BCUT2D eigenvalue weighted by Crippen LogP contribution is 2.32. The number of amides is 1. The largest absolute Gasteiger partial charge is 0.497 e. The van der Waals surface area contributed by atoms with Gasteiger partial charge in [-0.25, -0.2) is 0 Å². The predicted molar refractivity (Wildman–Crippen MR) is 141 cm³/mol. The first kappa shape index (κ1) is 27.0. The van der Waals surface area contributed by atoms with Gasteiger partial charge in [-0.1, -0.05) is 48.5 Å². The van der Waals surface area contributed by atoms with Crippen LogP contribution in [0.5, 0.6) is 11.5 Å². The van der Waals surface area contributed by atoms with Crippen LogP contribution in [0.1, 0.15) is 35.3 Å². The molecule has 5 nitrogen and oxygen atoms in total. The minimum Gasteiger partial charge on any atom is -0.497 e. The van der Waals surface area contributed by atoms with Crippen molar-refractivity contribution in [2.45, 2.75) is 24.7 Å². The molecule has 0 radical (unpaired) electrons. The lowest BCUT2D eigenvalue weighted by Crippen LogP contribution is -2.37. The van der Waals surface area contributed by atoms with Gasteiger partial charge >= 0.3 is 6.18 Å². The van der Waals surface area contributed by atoms with E-state index in [1.807, 2.05) is 66.7 Å². The number of hydrogen-bond acceptors (Lipinski definition) is 4. The highest BCUT2D eigenvalue weighted by Gasteiger charge is 2.30. The fraction of sp³-hybridized carbons (Fsp3) is 0.233. The number of nitrogens with two attached hydrogens (primary N) is 1. The molecule has 8 heteroatoms. The summed E-state index contributed by atoms with van der Waals surface area (Å²) >= 11 is 0. The van der Waals surface area contributed by atoms with E-state index in [4.69, 9.17) is 15.2 Å². The first-order chi connectivity index (χ1) is 18.2. The van der Waals surface area contributed by atoms with Crippen molar-refractivity contribution < 1.29 is 27.4 Å². The molecule has 0 fully saturated rings. The first-order valence-electron chi connectivity index (χ1n) is 12.1. The number of halogens is 3. The van der Waals surface area contributed by atoms with Crippen molar-refractivity contribution >= 4 is 16.7 Å². The highest BCUT2D eigenvalue weighted by atomic mass is 19.4. The van der Waals surface area contributed by atoms with Crippen LogP contribution >= 0.6 is 0 Å². The molecule has 0 aliphatic rings. The van der Waals surface area contributed by atoms with Gasteiger partial charge in [-0.3, -0.25) is 4.79 Å². The van der Waals surface area contributed by atoms with Crippen LogP contribution in [-0.2, 0) is 11.0 Å². The number of likely N-dealkylation sites (N-methyl/N-ethyl adjacent to an activating group) is 1. The Morgan fingerprint density at radius 3 is 2.16 bits per heavy atom. The highest BCUT2D eigenvalue weighted by molar-refractivity contribution is 5.88. The Balaban J connectivity index is 1.45. The van der Waals surface area contributed by atoms with Crippen molar-refractivity contribution in [3.8, 4) is 11.5 Å². The summed E-state index contributed by atoms with van der Waals surface area (Å²) in [5.41, 5.74) is 7.14. The number of nitrogens with zero attached hydrogens (tertiary/aromatic N) is 1. The Labute approximate surface area is 219 Å². The van der Waals surface area contributed by atoms with E-state index >= 15 is 0 Å². The Bertz CT molecular complexity index is 1380. The van der Waals surface area contributed by atoms with Gasteiger partial charge in [-0.05, 0) is 64.4 Å². The zero-order chi connectivity index (χ0) is 27.3. The molecule has 0 bridgehead atoms. The third kappa shape index (κ3) is 6.44. The fourth-order valence-electron chi connectivity index (χ4n) is 4.21. The van der Waals surface area contributed by atoms with Crippen molar-refractivity contribution in [3.05, 3.63) is 108 Å². The number of ether oxygens (including phenoxy) is 2. The number of alkyl halides is 3. The normalized spacial score (nSPS) is 13.1. The van der Waals surface area contributed by atoms with Gasteiger partial charge in [0, 0.05) is 20.0 Å². The molecule has 38 heavy (non-hydrogen) atoms. The maximum atomic E-state index is 13.2. The Hall–Kier alpha value is -4.04. The number of benzene rings is 4. The van der Waals surface area contributed by atoms with Crippen LogP contribution in [0.4, 0.5) is 13.2 Å². The van der Waals surface area contributed by atoms with Gasteiger partial charge in [0.25, 0.3) is 0 Å². The van der Waals surface area contributed by atoms with E-state index in [9.17, 15) is 18.0 Å². The molecule has 1 amide bonds. The number of carbonyl (C=O) groups is 1. The minimum absolute atomic E-state index is 0.251. The molecular formula is C30H29F3N2O3. The van der Waals surface area contributed by atoms with E-state index in [-0.39, 0.29) is 5.91 Å². The lowest BCUT2D eigenvalue weighted by atomic mass is 10.0. The Kier molecular flexibility index (Phi) is 8.22. The standard InChI is InChI=1S/C30H29F3N2O3/c1-35(29(36)28(34)23-9-8-22-19-26(37-2)13-10-21(22)18-23)17-16-27(20-6-4-3-5-7-20)38-25-14-11-24(12-15-25)30(31,32)33/h3-15,18-19,27-28H,16-17,34H2,1-2H3/t27-,28+/m1/s1. The van der Waals surface area contributed by atoms with Gasteiger partial charge in [0.05, 0.1) is 12.7 Å². The summed E-state index contributed by atoms with van der Waals surface area (Å²) in [4.78, 5) is 14.7. The van der Waals surface area contributed by atoms with Gasteiger partial charge in [-0.15, -0.1) is 0 Å². The second-order valence-corrected chi connectivity index (χ2v) is 9.04. The number of fused-ring (bicyclic) bond motifs is 1. The number of methoxy groups -OCH3 is 1. The Morgan fingerprint density at radius 2 is 1.50 bits per heavy atom. The number of hydrogen-bond donors (Lipinski definition) is 1. The van der Waals surface area contributed by atoms with Gasteiger partial charge < -0.3 is 20.1 Å². The van der Waals surface area contributed by atoms with Crippen molar-refractivity contribution in [2.24, 2.45) is 5.73 Å². The molecule has 0 unspecified atom stereocenters. The molecule has 0 aromatic heterocycles. The van der Waals surface area contributed by atoms with E-state index < -0.39 is 23.9 Å². The summed E-state index contributed by atoms with van der Waals surface area (Å²) < 4.78 is 50.1. The third-order valence-electron chi connectivity index (χ3n) is 6.43. The SMILES string of the molecule is COc1ccc2cc([C@H](N)C(=O)N(C)CC[C@@H](Oc3ccc(C(F)(F)F)cc3)c3ccccc3)ccc2c1. The topological polar surface area (TPSA) is 64.8 Å². The van der Waals surface area contributed by atoms with Gasteiger partial charge in [0.15, 0.2) is 0 Å². The zero-order valence-corrected chi connectivity index (χ0v) is 21.1. The first-order valence-corrected chi connectivity index (χ1v) is 12.1. The molecule has 0 heterocycles.